The van der Waals surface area contributed by atoms with E-state index in [0.29, 0.717) is 5.56 Å². The molecule has 0 spiro atoms. The third kappa shape index (κ3) is 3.29. The van der Waals surface area contributed by atoms with Crippen LogP contribution in [0.15, 0.2) is 54.6 Å². The van der Waals surface area contributed by atoms with Crippen LogP contribution in [0.3, 0.4) is 0 Å². The zero-order chi connectivity index (χ0) is 16.4. The summed E-state index contributed by atoms with van der Waals surface area (Å²) in [6, 6.07) is 15.4. The summed E-state index contributed by atoms with van der Waals surface area (Å²) in [7, 11) is 1.65. The Bertz CT molecular complexity index is 760. The lowest BCUT2D eigenvalue weighted by Gasteiger charge is -2.35. The molecular formula is C20H21NO2. The molecule has 1 aliphatic rings. The Morgan fingerprint density at radius 2 is 1.91 bits per heavy atom. The van der Waals surface area contributed by atoms with Gasteiger partial charge in [0.15, 0.2) is 5.78 Å². The molecule has 1 heterocycles. The van der Waals surface area contributed by atoms with Gasteiger partial charge >= 0.3 is 0 Å². The molecule has 23 heavy (non-hydrogen) atoms. The number of hydrogen-bond acceptors (Lipinski definition) is 3. The second-order valence-electron chi connectivity index (χ2n) is 6.50. The molecule has 0 atom stereocenters. The predicted molar refractivity (Wildman–Crippen MR) is 92.7 cm³/mol. The maximum Gasteiger partial charge on any atom is 0.187 e. The van der Waals surface area contributed by atoms with Crippen LogP contribution in [0.4, 0.5) is 0 Å². The van der Waals surface area contributed by atoms with E-state index in [4.69, 9.17) is 4.74 Å². The third-order valence-electron chi connectivity index (χ3n) is 4.05. The van der Waals surface area contributed by atoms with E-state index in [2.05, 4.69) is 25.2 Å². The standard InChI is InChI=1S/C20H21NO2/c1-20(2)13-15-9-10-16(23-3)11-17(15)18(21-20)12-19(22)14-7-5-4-6-8-14/h4-12,21H,13H2,1-3H3. The number of rotatable bonds is 3. The van der Waals surface area contributed by atoms with Crippen molar-refractivity contribution in [2.75, 3.05) is 7.11 Å². The lowest BCUT2D eigenvalue weighted by atomic mass is 9.85. The van der Waals surface area contributed by atoms with Crippen molar-refractivity contribution in [3.05, 3.63) is 71.3 Å². The molecule has 0 fully saturated rings. The highest BCUT2D eigenvalue weighted by atomic mass is 16.5. The van der Waals surface area contributed by atoms with Crippen LogP contribution < -0.4 is 10.1 Å². The number of allylic oxidation sites excluding steroid dienone is 1. The monoisotopic (exact) mass is 307 g/mol. The molecule has 2 aromatic rings. The first-order valence-electron chi connectivity index (χ1n) is 7.75. The first-order chi connectivity index (χ1) is 11.0. The van der Waals surface area contributed by atoms with E-state index in [1.165, 1.54) is 5.56 Å². The number of nitrogens with one attached hydrogen (secondary N) is 1. The molecule has 0 amide bonds. The van der Waals surface area contributed by atoms with Crippen LogP contribution in [0.1, 0.15) is 35.3 Å². The number of benzene rings is 2. The van der Waals surface area contributed by atoms with Gasteiger partial charge in [-0.25, -0.2) is 0 Å². The average molecular weight is 307 g/mol. The van der Waals surface area contributed by atoms with Crippen LogP contribution in [0.2, 0.25) is 0 Å². The van der Waals surface area contributed by atoms with Crippen molar-refractivity contribution in [2.24, 2.45) is 0 Å². The molecule has 1 aliphatic heterocycles. The molecule has 0 aliphatic carbocycles. The maximum atomic E-state index is 12.5. The first kappa shape index (κ1) is 15.3. The minimum absolute atomic E-state index is 0.000398. The molecule has 0 saturated carbocycles. The summed E-state index contributed by atoms with van der Waals surface area (Å²) in [6.45, 7) is 4.28. The smallest absolute Gasteiger partial charge is 0.187 e. The highest BCUT2D eigenvalue weighted by Crippen LogP contribution is 2.32. The Hall–Kier alpha value is -2.55. The number of fused-ring (bicyclic) bond motifs is 1. The summed E-state index contributed by atoms with van der Waals surface area (Å²) in [4.78, 5) is 12.5. The summed E-state index contributed by atoms with van der Waals surface area (Å²) < 4.78 is 5.33. The second-order valence-corrected chi connectivity index (χ2v) is 6.50. The molecule has 0 radical (unpaired) electrons. The van der Waals surface area contributed by atoms with Crippen LogP contribution in [0, 0.1) is 0 Å². The maximum absolute atomic E-state index is 12.5. The predicted octanol–water partition coefficient (Wildman–Crippen LogP) is 3.84. The van der Waals surface area contributed by atoms with E-state index < -0.39 is 0 Å². The number of hydrogen-bond donors (Lipinski definition) is 1. The summed E-state index contributed by atoms with van der Waals surface area (Å²) in [6.07, 6.45) is 2.59. The van der Waals surface area contributed by atoms with Gasteiger partial charge in [-0.15, -0.1) is 0 Å². The van der Waals surface area contributed by atoms with Crippen molar-refractivity contribution in [3.63, 3.8) is 0 Å². The van der Waals surface area contributed by atoms with Crippen molar-refractivity contribution in [1.82, 2.24) is 5.32 Å². The molecule has 0 saturated heterocycles. The number of carbonyl (C=O) groups excluding carboxylic acids is 1. The summed E-state index contributed by atoms with van der Waals surface area (Å²) in [5.74, 6) is 0.794. The van der Waals surface area contributed by atoms with E-state index in [9.17, 15) is 4.79 Å². The quantitative estimate of drug-likeness (QED) is 0.691. The molecule has 0 aromatic heterocycles. The fraction of sp³-hybridized carbons (Fsp3) is 0.250. The van der Waals surface area contributed by atoms with Gasteiger partial charge in [0.05, 0.1) is 7.11 Å². The largest absolute Gasteiger partial charge is 0.497 e. The van der Waals surface area contributed by atoms with Gasteiger partial charge in [0.2, 0.25) is 0 Å². The van der Waals surface area contributed by atoms with Crippen LogP contribution in [0.5, 0.6) is 5.75 Å². The van der Waals surface area contributed by atoms with Crippen molar-refractivity contribution < 1.29 is 9.53 Å². The minimum atomic E-state index is -0.0929. The average Bonchev–Trinajstić information content (AvgIpc) is 2.54. The molecular weight excluding hydrogens is 286 g/mol. The summed E-state index contributed by atoms with van der Waals surface area (Å²) in [5, 5.41) is 3.49. The fourth-order valence-electron chi connectivity index (χ4n) is 2.97. The Morgan fingerprint density at radius 3 is 2.61 bits per heavy atom. The van der Waals surface area contributed by atoms with E-state index in [1.54, 1.807) is 13.2 Å². The molecule has 2 aromatic carbocycles. The van der Waals surface area contributed by atoms with Crippen LogP contribution in [0.25, 0.3) is 5.70 Å². The molecule has 118 valence electrons. The Balaban J connectivity index is 2.05. The van der Waals surface area contributed by atoms with Gasteiger partial charge in [0.25, 0.3) is 0 Å². The SMILES string of the molecule is COc1ccc2c(c1)C(=CC(=O)c1ccccc1)NC(C)(C)C2. The highest BCUT2D eigenvalue weighted by molar-refractivity contribution is 6.08. The van der Waals surface area contributed by atoms with E-state index in [-0.39, 0.29) is 11.3 Å². The van der Waals surface area contributed by atoms with E-state index in [0.717, 1.165) is 23.4 Å². The van der Waals surface area contributed by atoms with Gasteiger partial charge in [-0.05, 0) is 38.0 Å². The van der Waals surface area contributed by atoms with Gasteiger partial charge in [-0.2, -0.15) is 0 Å². The van der Waals surface area contributed by atoms with Gasteiger partial charge in [-0.1, -0.05) is 36.4 Å². The Kier molecular flexibility index (Phi) is 3.95. The molecule has 3 rings (SSSR count). The van der Waals surface area contributed by atoms with E-state index in [1.807, 2.05) is 42.5 Å². The highest BCUT2D eigenvalue weighted by Gasteiger charge is 2.28. The van der Waals surface area contributed by atoms with Gasteiger partial charge in [-0.3, -0.25) is 4.79 Å². The zero-order valence-electron chi connectivity index (χ0n) is 13.7. The zero-order valence-corrected chi connectivity index (χ0v) is 13.7. The van der Waals surface area contributed by atoms with Crippen molar-refractivity contribution in [1.29, 1.82) is 0 Å². The summed E-state index contributed by atoms with van der Waals surface area (Å²) in [5.41, 5.74) is 3.71. The molecule has 0 bridgehead atoms. The molecule has 0 unspecified atom stereocenters. The van der Waals surface area contributed by atoms with Crippen molar-refractivity contribution >= 4 is 11.5 Å². The van der Waals surface area contributed by atoms with Gasteiger partial charge in [0.1, 0.15) is 5.75 Å². The number of ether oxygens (including phenoxy) is 1. The number of carbonyl (C=O) groups is 1. The number of ketones is 1. The lowest BCUT2D eigenvalue weighted by molar-refractivity contribution is 0.104. The summed E-state index contributed by atoms with van der Waals surface area (Å²) >= 11 is 0. The minimum Gasteiger partial charge on any atom is -0.497 e. The van der Waals surface area contributed by atoms with Crippen LogP contribution in [-0.2, 0) is 6.42 Å². The second kappa shape index (κ2) is 5.92. The Morgan fingerprint density at radius 1 is 1.17 bits per heavy atom. The molecule has 3 nitrogen and oxygen atoms in total. The van der Waals surface area contributed by atoms with Crippen molar-refractivity contribution in [3.8, 4) is 5.75 Å². The van der Waals surface area contributed by atoms with E-state index >= 15 is 0 Å². The number of methoxy groups -OCH3 is 1. The fourth-order valence-corrected chi connectivity index (χ4v) is 2.97. The van der Waals surface area contributed by atoms with Crippen molar-refractivity contribution in [2.45, 2.75) is 25.8 Å². The normalized spacial score (nSPS) is 17.3. The molecule has 3 heteroatoms. The lowest BCUT2D eigenvalue weighted by Crippen LogP contribution is -2.43. The van der Waals surface area contributed by atoms with Crippen LogP contribution >= 0.6 is 0 Å². The topological polar surface area (TPSA) is 38.3 Å². The molecule has 1 N–H and O–H groups in total. The Labute approximate surface area is 137 Å². The van der Waals surface area contributed by atoms with Gasteiger partial charge in [0, 0.05) is 28.4 Å². The van der Waals surface area contributed by atoms with Gasteiger partial charge < -0.3 is 10.1 Å². The van der Waals surface area contributed by atoms with Crippen LogP contribution in [-0.4, -0.2) is 18.4 Å². The first-order valence-corrected chi connectivity index (χ1v) is 7.75. The third-order valence-corrected chi connectivity index (χ3v) is 4.05.